The summed E-state index contributed by atoms with van der Waals surface area (Å²) in [5.41, 5.74) is 6.02. The minimum Gasteiger partial charge on any atom is -0.388 e. The number of nitrogens with one attached hydrogen (secondary N) is 1. The van der Waals surface area contributed by atoms with Crippen LogP contribution in [0.4, 0.5) is 5.82 Å². The lowest BCUT2D eigenvalue weighted by molar-refractivity contribution is 0.692. The Morgan fingerprint density at radius 3 is 2.94 bits per heavy atom. The molecule has 1 fully saturated rings. The third kappa shape index (κ3) is 2.66. The average molecular weight is 236 g/mol. The fourth-order valence-corrected chi connectivity index (χ4v) is 1.94. The van der Waals surface area contributed by atoms with Crippen LogP contribution in [-0.4, -0.2) is 21.0 Å². The van der Waals surface area contributed by atoms with Crippen molar-refractivity contribution in [2.24, 2.45) is 11.7 Å². The van der Waals surface area contributed by atoms with Crippen LogP contribution >= 0.6 is 12.2 Å². The summed E-state index contributed by atoms with van der Waals surface area (Å²) in [4.78, 5) is 8.66. The maximum Gasteiger partial charge on any atom is 0.144 e. The molecule has 16 heavy (non-hydrogen) atoms. The summed E-state index contributed by atoms with van der Waals surface area (Å²) >= 11 is 4.81. The van der Waals surface area contributed by atoms with Gasteiger partial charge in [-0.15, -0.1) is 0 Å². The van der Waals surface area contributed by atoms with E-state index in [1.807, 2.05) is 0 Å². The van der Waals surface area contributed by atoms with Crippen molar-refractivity contribution in [3.63, 3.8) is 0 Å². The largest absolute Gasteiger partial charge is 0.388 e. The third-order valence-electron chi connectivity index (χ3n) is 2.82. The van der Waals surface area contributed by atoms with E-state index in [9.17, 15) is 0 Å². The van der Waals surface area contributed by atoms with E-state index in [0.717, 1.165) is 11.7 Å². The van der Waals surface area contributed by atoms with E-state index in [0.29, 0.717) is 11.7 Å². The van der Waals surface area contributed by atoms with Crippen molar-refractivity contribution < 1.29 is 0 Å². The fourth-order valence-electron chi connectivity index (χ4n) is 1.83. The summed E-state index contributed by atoms with van der Waals surface area (Å²) in [7, 11) is 0. The average Bonchev–Trinajstić information content (AvgIpc) is 2.98. The number of hydrogen-bond donors (Lipinski definition) is 2. The zero-order valence-electron chi connectivity index (χ0n) is 9.31. The van der Waals surface area contributed by atoms with Gasteiger partial charge in [0.15, 0.2) is 0 Å². The Kier molecular flexibility index (Phi) is 3.33. The molecule has 2 rings (SSSR count). The second-order valence-electron chi connectivity index (χ2n) is 4.19. The summed E-state index contributed by atoms with van der Waals surface area (Å²) in [6.07, 6.45) is 7.08. The molecule has 0 radical (unpaired) electrons. The van der Waals surface area contributed by atoms with Gasteiger partial charge in [0.2, 0.25) is 0 Å². The van der Waals surface area contributed by atoms with Crippen LogP contribution in [-0.2, 0) is 0 Å². The topological polar surface area (TPSA) is 63.8 Å². The molecule has 0 spiro atoms. The normalized spacial score (nSPS) is 22.8. The molecule has 0 amide bonds. The summed E-state index contributed by atoms with van der Waals surface area (Å²) in [5.74, 6) is 1.62. The SMILES string of the molecule is CCCC1CC1Nc1cnc(C(N)=S)cn1. The minimum absolute atomic E-state index is 0.286. The molecule has 0 aliphatic heterocycles. The van der Waals surface area contributed by atoms with Gasteiger partial charge >= 0.3 is 0 Å². The number of rotatable bonds is 5. The van der Waals surface area contributed by atoms with E-state index in [1.54, 1.807) is 12.4 Å². The third-order valence-corrected chi connectivity index (χ3v) is 3.03. The standard InChI is InChI=1S/C11H16N4S/c1-2-3-7-4-8(7)15-10-6-13-9(5-14-10)11(12)16/h5-8H,2-4H2,1H3,(H2,12,16)(H,14,15). The Morgan fingerprint density at radius 1 is 1.56 bits per heavy atom. The van der Waals surface area contributed by atoms with Crippen molar-refractivity contribution in [2.75, 3.05) is 5.32 Å². The van der Waals surface area contributed by atoms with Gasteiger partial charge in [-0.1, -0.05) is 25.6 Å². The van der Waals surface area contributed by atoms with E-state index < -0.39 is 0 Å². The van der Waals surface area contributed by atoms with Gasteiger partial charge in [0.25, 0.3) is 0 Å². The van der Waals surface area contributed by atoms with Crippen molar-refractivity contribution in [3.8, 4) is 0 Å². The Hall–Kier alpha value is -1.23. The first-order valence-corrected chi connectivity index (χ1v) is 6.00. The second-order valence-corrected chi connectivity index (χ2v) is 4.63. The van der Waals surface area contributed by atoms with Crippen LogP contribution in [0.3, 0.4) is 0 Å². The molecule has 0 aromatic carbocycles. The highest BCUT2D eigenvalue weighted by atomic mass is 32.1. The molecule has 0 saturated heterocycles. The van der Waals surface area contributed by atoms with Crippen LogP contribution in [0.25, 0.3) is 0 Å². The Bertz CT molecular complexity index is 376. The highest BCUT2D eigenvalue weighted by molar-refractivity contribution is 7.80. The lowest BCUT2D eigenvalue weighted by atomic mass is 10.2. The first kappa shape index (κ1) is 11.3. The van der Waals surface area contributed by atoms with Crippen molar-refractivity contribution in [1.29, 1.82) is 0 Å². The molecule has 4 nitrogen and oxygen atoms in total. The molecule has 1 aliphatic carbocycles. The highest BCUT2D eigenvalue weighted by Crippen LogP contribution is 2.36. The molecule has 0 bridgehead atoms. The van der Waals surface area contributed by atoms with Gasteiger partial charge in [-0.2, -0.15) is 0 Å². The molecule has 1 aromatic rings. The van der Waals surface area contributed by atoms with E-state index in [2.05, 4.69) is 22.2 Å². The first-order valence-electron chi connectivity index (χ1n) is 5.59. The van der Waals surface area contributed by atoms with E-state index in [1.165, 1.54) is 19.3 Å². The number of nitrogens with two attached hydrogens (primary N) is 1. The highest BCUT2D eigenvalue weighted by Gasteiger charge is 2.36. The van der Waals surface area contributed by atoms with E-state index in [4.69, 9.17) is 18.0 Å². The zero-order valence-corrected chi connectivity index (χ0v) is 10.1. The number of anilines is 1. The van der Waals surface area contributed by atoms with Crippen molar-refractivity contribution in [2.45, 2.75) is 32.2 Å². The molecule has 2 atom stereocenters. The van der Waals surface area contributed by atoms with Crippen LogP contribution in [0.5, 0.6) is 0 Å². The predicted octanol–water partition coefficient (Wildman–Crippen LogP) is 1.71. The lowest BCUT2D eigenvalue weighted by Crippen LogP contribution is -2.13. The van der Waals surface area contributed by atoms with Gasteiger partial charge in [0, 0.05) is 6.04 Å². The molecule has 1 saturated carbocycles. The lowest BCUT2D eigenvalue weighted by Gasteiger charge is -2.04. The maximum absolute atomic E-state index is 5.45. The molecule has 1 aromatic heterocycles. The van der Waals surface area contributed by atoms with Crippen LogP contribution < -0.4 is 11.1 Å². The number of nitrogens with zero attached hydrogens (tertiary/aromatic N) is 2. The number of aromatic nitrogens is 2. The van der Waals surface area contributed by atoms with Gasteiger partial charge in [-0.3, -0.25) is 0 Å². The number of hydrogen-bond acceptors (Lipinski definition) is 4. The molecular weight excluding hydrogens is 220 g/mol. The molecule has 5 heteroatoms. The van der Waals surface area contributed by atoms with Gasteiger partial charge in [0.1, 0.15) is 16.5 Å². The maximum atomic E-state index is 5.45. The van der Waals surface area contributed by atoms with Gasteiger partial charge in [-0.25, -0.2) is 9.97 Å². The molecule has 1 aliphatic rings. The Morgan fingerprint density at radius 2 is 2.38 bits per heavy atom. The molecular formula is C11H16N4S. The van der Waals surface area contributed by atoms with Crippen LogP contribution in [0, 0.1) is 5.92 Å². The van der Waals surface area contributed by atoms with Crippen LogP contribution in [0.15, 0.2) is 12.4 Å². The van der Waals surface area contributed by atoms with Crippen molar-refractivity contribution in [3.05, 3.63) is 18.1 Å². The Balaban J connectivity index is 1.89. The summed E-state index contributed by atoms with van der Waals surface area (Å²) in [6.45, 7) is 2.21. The summed E-state index contributed by atoms with van der Waals surface area (Å²) < 4.78 is 0. The monoisotopic (exact) mass is 236 g/mol. The van der Waals surface area contributed by atoms with E-state index in [-0.39, 0.29) is 4.99 Å². The zero-order chi connectivity index (χ0) is 11.5. The molecule has 1 heterocycles. The number of thiocarbonyl (C=S) groups is 1. The Labute approximate surface area is 101 Å². The summed E-state index contributed by atoms with van der Waals surface area (Å²) in [5, 5.41) is 3.36. The summed E-state index contributed by atoms with van der Waals surface area (Å²) in [6, 6.07) is 0.574. The first-order chi connectivity index (χ1) is 7.70. The van der Waals surface area contributed by atoms with Crippen molar-refractivity contribution >= 4 is 23.0 Å². The van der Waals surface area contributed by atoms with E-state index >= 15 is 0 Å². The second kappa shape index (κ2) is 4.74. The van der Waals surface area contributed by atoms with Crippen LogP contribution in [0.2, 0.25) is 0 Å². The quantitative estimate of drug-likeness (QED) is 0.762. The van der Waals surface area contributed by atoms with Gasteiger partial charge in [0.05, 0.1) is 12.4 Å². The van der Waals surface area contributed by atoms with Gasteiger partial charge < -0.3 is 11.1 Å². The molecule has 3 N–H and O–H groups in total. The van der Waals surface area contributed by atoms with Crippen LogP contribution in [0.1, 0.15) is 31.9 Å². The molecule has 86 valence electrons. The van der Waals surface area contributed by atoms with Gasteiger partial charge in [-0.05, 0) is 18.8 Å². The fraction of sp³-hybridized carbons (Fsp3) is 0.545. The minimum atomic E-state index is 0.286. The van der Waals surface area contributed by atoms with Crippen molar-refractivity contribution in [1.82, 2.24) is 9.97 Å². The predicted molar refractivity (Wildman–Crippen MR) is 68.3 cm³/mol. The molecule has 2 unspecified atom stereocenters. The smallest absolute Gasteiger partial charge is 0.144 e.